The van der Waals surface area contributed by atoms with Gasteiger partial charge in [-0.25, -0.2) is 0 Å². The summed E-state index contributed by atoms with van der Waals surface area (Å²) in [7, 11) is 0. The SMILES string of the molecule is Clc1cc(Br)cc(C2CCCO2)c1. The maximum absolute atomic E-state index is 5.94. The molecular weight excluding hydrogens is 251 g/mol. The second-order valence-electron chi connectivity index (χ2n) is 3.20. The summed E-state index contributed by atoms with van der Waals surface area (Å²) in [6, 6.07) is 5.93. The van der Waals surface area contributed by atoms with E-state index in [9.17, 15) is 0 Å². The van der Waals surface area contributed by atoms with Gasteiger partial charge in [0.25, 0.3) is 0 Å². The molecule has 0 saturated carbocycles. The topological polar surface area (TPSA) is 9.23 Å². The van der Waals surface area contributed by atoms with E-state index >= 15 is 0 Å². The van der Waals surface area contributed by atoms with E-state index in [4.69, 9.17) is 16.3 Å². The van der Waals surface area contributed by atoms with Gasteiger partial charge >= 0.3 is 0 Å². The summed E-state index contributed by atoms with van der Waals surface area (Å²) < 4.78 is 6.59. The lowest BCUT2D eigenvalue weighted by atomic mass is 10.1. The molecule has 0 N–H and O–H groups in total. The van der Waals surface area contributed by atoms with Crippen molar-refractivity contribution < 1.29 is 4.74 Å². The third-order valence-electron chi connectivity index (χ3n) is 2.19. The zero-order chi connectivity index (χ0) is 9.26. The maximum atomic E-state index is 5.94. The quantitative estimate of drug-likeness (QED) is 0.744. The van der Waals surface area contributed by atoms with Gasteiger partial charge in [0.05, 0.1) is 6.10 Å². The minimum Gasteiger partial charge on any atom is -0.374 e. The van der Waals surface area contributed by atoms with E-state index in [0.717, 1.165) is 28.9 Å². The number of rotatable bonds is 1. The zero-order valence-electron chi connectivity index (χ0n) is 7.09. The van der Waals surface area contributed by atoms with E-state index in [1.807, 2.05) is 12.1 Å². The van der Waals surface area contributed by atoms with Crippen LogP contribution in [0.15, 0.2) is 22.7 Å². The molecule has 13 heavy (non-hydrogen) atoms. The molecule has 70 valence electrons. The van der Waals surface area contributed by atoms with Gasteiger partial charge in [0.1, 0.15) is 0 Å². The van der Waals surface area contributed by atoms with Crippen LogP contribution >= 0.6 is 27.5 Å². The van der Waals surface area contributed by atoms with E-state index in [1.165, 1.54) is 5.56 Å². The molecule has 0 bridgehead atoms. The largest absolute Gasteiger partial charge is 0.374 e. The van der Waals surface area contributed by atoms with Crippen LogP contribution in [0.4, 0.5) is 0 Å². The molecule has 1 aromatic rings. The Hall–Kier alpha value is -0.0500. The van der Waals surface area contributed by atoms with Crippen LogP contribution in [0.3, 0.4) is 0 Å². The molecule has 1 nitrogen and oxygen atoms in total. The molecule has 2 rings (SSSR count). The van der Waals surface area contributed by atoms with Crippen LogP contribution in [0.2, 0.25) is 5.02 Å². The van der Waals surface area contributed by atoms with Crippen molar-refractivity contribution in [3.63, 3.8) is 0 Å². The Kier molecular flexibility index (Phi) is 2.92. The molecule has 1 aliphatic rings. The first kappa shape index (κ1) is 9.50. The molecule has 3 heteroatoms. The summed E-state index contributed by atoms with van der Waals surface area (Å²) in [4.78, 5) is 0. The van der Waals surface area contributed by atoms with Gasteiger partial charge in [-0.05, 0) is 36.6 Å². The van der Waals surface area contributed by atoms with Crippen LogP contribution < -0.4 is 0 Å². The molecule has 1 atom stereocenters. The van der Waals surface area contributed by atoms with Gasteiger partial charge in [-0.2, -0.15) is 0 Å². The fourth-order valence-corrected chi connectivity index (χ4v) is 2.49. The first-order valence-corrected chi connectivity index (χ1v) is 5.50. The lowest BCUT2D eigenvalue weighted by Crippen LogP contribution is -1.95. The number of hydrogen-bond acceptors (Lipinski definition) is 1. The molecule has 0 spiro atoms. The Morgan fingerprint density at radius 1 is 1.38 bits per heavy atom. The summed E-state index contributed by atoms with van der Waals surface area (Å²) >= 11 is 9.36. The monoisotopic (exact) mass is 260 g/mol. The van der Waals surface area contributed by atoms with Gasteiger partial charge in [-0.3, -0.25) is 0 Å². The van der Waals surface area contributed by atoms with E-state index in [-0.39, 0.29) is 6.10 Å². The average Bonchev–Trinajstić information content (AvgIpc) is 2.53. The van der Waals surface area contributed by atoms with Crippen molar-refractivity contribution in [3.8, 4) is 0 Å². The Labute approximate surface area is 91.2 Å². The average molecular weight is 262 g/mol. The third-order valence-corrected chi connectivity index (χ3v) is 2.86. The van der Waals surface area contributed by atoms with Crippen molar-refractivity contribution >= 4 is 27.5 Å². The van der Waals surface area contributed by atoms with Crippen molar-refractivity contribution in [2.24, 2.45) is 0 Å². The van der Waals surface area contributed by atoms with Crippen molar-refractivity contribution in [1.29, 1.82) is 0 Å². The minimum atomic E-state index is 0.245. The number of ether oxygens (including phenoxy) is 1. The first-order chi connectivity index (χ1) is 6.25. The van der Waals surface area contributed by atoms with Gasteiger partial charge in [0.2, 0.25) is 0 Å². The van der Waals surface area contributed by atoms with Crippen LogP contribution in [0, 0.1) is 0 Å². The number of benzene rings is 1. The number of hydrogen-bond donors (Lipinski definition) is 0. The predicted molar refractivity (Wildman–Crippen MR) is 57.1 cm³/mol. The molecule has 0 radical (unpaired) electrons. The van der Waals surface area contributed by atoms with E-state index in [2.05, 4.69) is 22.0 Å². The zero-order valence-corrected chi connectivity index (χ0v) is 9.44. The summed E-state index contributed by atoms with van der Waals surface area (Å²) in [5.74, 6) is 0. The fraction of sp³-hybridized carbons (Fsp3) is 0.400. The molecule has 1 heterocycles. The van der Waals surface area contributed by atoms with Crippen LogP contribution in [-0.4, -0.2) is 6.61 Å². The molecule has 1 unspecified atom stereocenters. The molecule has 1 aromatic carbocycles. The highest BCUT2D eigenvalue weighted by atomic mass is 79.9. The fourth-order valence-electron chi connectivity index (χ4n) is 1.60. The van der Waals surface area contributed by atoms with Crippen LogP contribution in [0.1, 0.15) is 24.5 Å². The third kappa shape index (κ3) is 2.25. The van der Waals surface area contributed by atoms with Crippen molar-refractivity contribution in [2.75, 3.05) is 6.61 Å². The predicted octanol–water partition coefficient (Wildman–Crippen LogP) is 3.95. The number of halogens is 2. The summed E-state index contributed by atoms with van der Waals surface area (Å²) in [5.41, 5.74) is 1.18. The highest BCUT2D eigenvalue weighted by Gasteiger charge is 2.18. The van der Waals surface area contributed by atoms with Crippen LogP contribution in [0.25, 0.3) is 0 Å². The van der Waals surface area contributed by atoms with Crippen molar-refractivity contribution in [2.45, 2.75) is 18.9 Å². The lowest BCUT2D eigenvalue weighted by molar-refractivity contribution is 0.112. The van der Waals surface area contributed by atoms with E-state index in [1.54, 1.807) is 0 Å². The molecule has 1 fully saturated rings. The Balaban J connectivity index is 2.28. The minimum absolute atomic E-state index is 0.245. The van der Waals surface area contributed by atoms with E-state index in [0.29, 0.717) is 0 Å². The Morgan fingerprint density at radius 2 is 2.23 bits per heavy atom. The molecule has 1 saturated heterocycles. The summed E-state index contributed by atoms with van der Waals surface area (Å²) in [6.07, 6.45) is 2.50. The van der Waals surface area contributed by atoms with E-state index < -0.39 is 0 Å². The molecule has 0 aromatic heterocycles. The van der Waals surface area contributed by atoms with Gasteiger partial charge in [-0.1, -0.05) is 27.5 Å². The maximum Gasteiger partial charge on any atom is 0.0826 e. The molecule has 1 aliphatic heterocycles. The highest BCUT2D eigenvalue weighted by molar-refractivity contribution is 9.10. The van der Waals surface area contributed by atoms with Crippen LogP contribution in [0.5, 0.6) is 0 Å². The standard InChI is InChI=1S/C10H10BrClO/c11-8-4-7(5-9(12)6-8)10-2-1-3-13-10/h4-6,10H,1-3H2. The van der Waals surface area contributed by atoms with Crippen LogP contribution in [-0.2, 0) is 4.74 Å². The smallest absolute Gasteiger partial charge is 0.0826 e. The van der Waals surface area contributed by atoms with Gasteiger partial charge in [0, 0.05) is 16.1 Å². The normalized spacial score (nSPS) is 22.2. The van der Waals surface area contributed by atoms with Crippen molar-refractivity contribution in [1.82, 2.24) is 0 Å². The van der Waals surface area contributed by atoms with Gasteiger partial charge in [-0.15, -0.1) is 0 Å². The second-order valence-corrected chi connectivity index (χ2v) is 4.56. The molecule has 0 aliphatic carbocycles. The van der Waals surface area contributed by atoms with Crippen molar-refractivity contribution in [3.05, 3.63) is 33.3 Å². The highest BCUT2D eigenvalue weighted by Crippen LogP contribution is 2.31. The molecular formula is C10H10BrClO. The van der Waals surface area contributed by atoms with Gasteiger partial charge in [0.15, 0.2) is 0 Å². The lowest BCUT2D eigenvalue weighted by Gasteiger charge is -2.10. The second kappa shape index (κ2) is 3.99. The first-order valence-electron chi connectivity index (χ1n) is 4.33. The van der Waals surface area contributed by atoms with Gasteiger partial charge < -0.3 is 4.74 Å². The summed E-state index contributed by atoms with van der Waals surface area (Å²) in [5, 5.41) is 0.764. The Morgan fingerprint density at radius 3 is 2.85 bits per heavy atom. The summed E-state index contributed by atoms with van der Waals surface area (Å²) in [6.45, 7) is 0.870. The Bertz CT molecular complexity index is 288. The molecule has 0 amide bonds.